The maximum absolute atomic E-state index is 13.3. The van der Waals surface area contributed by atoms with Crippen LogP contribution >= 0.6 is 0 Å². The molecule has 0 spiro atoms. The predicted octanol–water partition coefficient (Wildman–Crippen LogP) is 3.50. The van der Waals surface area contributed by atoms with Crippen LogP contribution in [0.25, 0.3) is 21.8 Å². The number of nitrogens with zero attached hydrogens (tertiary/aromatic N) is 4. The molecule has 1 fully saturated rings. The third-order valence-corrected chi connectivity index (χ3v) is 10.7. The van der Waals surface area contributed by atoms with Crippen LogP contribution in [-0.2, 0) is 35.5 Å². The molecule has 4 aromatic carbocycles. The Morgan fingerprint density at radius 2 is 1.16 bits per heavy atom. The SMILES string of the molecule is C1CCOC1.O=CC1CCc2nc3cc(C#Cc4cccc(F)c4)ccc3c(=O)n2CC1.O=c1c2ccc(C#Cc3cccc(F)c3)cc2nc2n1CCC(CO)CC2.[B].[H-].[Na+]. The minimum atomic E-state index is -0.327. The maximum Gasteiger partial charge on any atom is 1.00 e. The number of carbonyl (C=O) groups is 1. The second kappa shape index (κ2) is 22.6. The molecule has 2 unspecified atom stereocenters. The Kier molecular flexibility index (Phi) is 17.3. The van der Waals surface area contributed by atoms with E-state index in [-0.39, 0.29) is 80.6 Å². The van der Waals surface area contributed by atoms with Crippen LogP contribution in [0, 0.1) is 47.2 Å². The summed E-state index contributed by atoms with van der Waals surface area (Å²) >= 11 is 0. The molecule has 5 heterocycles. The predicted molar refractivity (Wildman–Crippen MR) is 230 cm³/mol. The van der Waals surface area contributed by atoms with Gasteiger partial charge in [0.25, 0.3) is 11.1 Å². The third-order valence-electron chi connectivity index (χ3n) is 10.7. The van der Waals surface area contributed by atoms with Gasteiger partial charge in [0.1, 0.15) is 29.6 Å². The first-order valence-corrected chi connectivity index (χ1v) is 20.0. The first kappa shape index (κ1) is 46.9. The van der Waals surface area contributed by atoms with Crippen LogP contribution in [0.2, 0.25) is 0 Å². The van der Waals surface area contributed by atoms with Crippen LogP contribution in [0.3, 0.4) is 0 Å². The van der Waals surface area contributed by atoms with Gasteiger partial charge in [0.2, 0.25) is 0 Å². The molecule has 1 saturated heterocycles. The van der Waals surface area contributed by atoms with Crippen molar-refractivity contribution in [2.75, 3.05) is 19.8 Å². The summed E-state index contributed by atoms with van der Waals surface area (Å²) in [5, 5.41) is 10.5. The Morgan fingerprint density at radius 3 is 1.61 bits per heavy atom. The van der Waals surface area contributed by atoms with Crippen molar-refractivity contribution in [1.29, 1.82) is 0 Å². The van der Waals surface area contributed by atoms with Crippen LogP contribution in [-0.4, -0.2) is 58.7 Å². The molecule has 3 aliphatic heterocycles. The summed E-state index contributed by atoms with van der Waals surface area (Å²) in [6.07, 6.45) is 7.79. The standard InChI is InChI=1S/C22H19FN2O2.C22H17FN2O2.C4H8O.B.Na.H/c2*23-18-3-1-2-15(12-18)4-5-16-6-8-19-20(13-16)24-21-9-7-17(14-26)10-11-25(21)22(19)27;1-2-4-5-3-1;;;/h1-3,6,8,12-13,17,26H,7,9-11,14H2;1-3,6,8,12-14,17H,7,9-11H2;1-4H2;;;/q;;;;+1;-1. The van der Waals surface area contributed by atoms with Gasteiger partial charge in [0.15, 0.2) is 0 Å². The van der Waals surface area contributed by atoms with Gasteiger partial charge in [-0.3, -0.25) is 18.7 Å². The number of aliphatic hydroxyl groups is 1. The Morgan fingerprint density at radius 1 is 0.689 bits per heavy atom. The van der Waals surface area contributed by atoms with E-state index in [0.717, 1.165) is 43.7 Å². The molecule has 3 aliphatic rings. The molecule has 0 amide bonds. The summed E-state index contributed by atoms with van der Waals surface area (Å²) in [5.41, 5.74) is 3.73. The van der Waals surface area contributed by atoms with Crippen molar-refractivity contribution < 1.29 is 54.4 Å². The number of aromatic nitrogens is 4. The minimum Gasteiger partial charge on any atom is -1.00 e. The molecule has 0 bridgehead atoms. The number of aliphatic hydroxyl groups excluding tert-OH is 1. The molecule has 0 saturated carbocycles. The van der Waals surface area contributed by atoms with Crippen LogP contribution in [0.4, 0.5) is 8.78 Å². The average molecular weight is 830 g/mol. The number of halogens is 2. The van der Waals surface area contributed by atoms with Crippen molar-refractivity contribution in [2.24, 2.45) is 11.8 Å². The fourth-order valence-electron chi connectivity index (χ4n) is 7.33. The molecule has 3 radical (unpaired) electrons. The number of rotatable bonds is 2. The normalized spacial score (nSPS) is 16.3. The zero-order valence-electron chi connectivity index (χ0n) is 35.2. The summed E-state index contributed by atoms with van der Waals surface area (Å²) in [5.74, 6) is 12.9. The van der Waals surface area contributed by atoms with E-state index in [0.29, 0.717) is 83.1 Å². The van der Waals surface area contributed by atoms with E-state index in [9.17, 15) is 28.3 Å². The second-order valence-electron chi connectivity index (χ2n) is 14.9. The van der Waals surface area contributed by atoms with Gasteiger partial charge in [-0.15, -0.1) is 0 Å². The van der Waals surface area contributed by atoms with Gasteiger partial charge in [-0.05, 0) is 117 Å². The number of carbonyl (C=O) groups excluding carboxylic acids is 1. The van der Waals surface area contributed by atoms with E-state index in [1.807, 2.05) is 0 Å². The number of aryl methyl sites for hydroxylation is 2. The van der Waals surface area contributed by atoms with Gasteiger partial charge in [-0.25, -0.2) is 18.7 Å². The van der Waals surface area contributed by atoms with Crippen molar-refractivity contribution in [3.63, 3.8) is 0 Å². The molecular formula is C48H45BF2N4NaO5. The molecule has 2 aromatic heterocycles. The summed E-state index contributed by atoms with van der Waals surface area (Å²) < 4.78 is 34.9. The number of hydrogen-bond donors (Lipinski definition) is 1. The van der Waals surface area contributed by atoms with Gasteiger partial charge in [-0.1, -0.05) is 35.8 Å². The summed E-state index contributed by atoms with van der Waals surface area (Å²) in [6, 6.07) is 22.9. The summed E-state index contributed by atoms with van der Waals surface area (Å²) in [4.78, 5) is 46.1. The zero-order valence-corrected chi connectivity index (χ0v) is 36.2. The first-order valence-electron chi connectivity index (χ1n) is 20.0. The van der Waals surface area contributed by atoms with E-state index < -0.39 is 0 Å². The van der Waals surface area contributed by atoms with Crippen LogP contribution < -0.4 is 40.7 Å². The average Bonchev–Trinajstić information content (AvgIpc) is 3.69. The molecule has 6 aromatic rings. The van der Waals surface area contributed by atoms with Crippen molar-refractivity contribution in [1.82, 2.24) is 19.1 Å². The van der Waals surface area contributed by atoms with Crippen molar-refractivity contribution in [3.8, 4) is 23.7 Å². The van der Waals surface area contributed by atoms with E-state index in [1.165, 1.54) is 37.1 Å². The van der Waals surface area contributed by atoms with Crippen molar-refractivity contribution in [3.05, 3.63) is 151 Å². The number of benzene rings is 4. The van der Waals surface area contributed by atoms with E-state index in [4.69, 9.17) is 4.74 Å². The summed E-state index contributed by atoms with van der Waals surface area (Å²) in [6.45, 7) is 3.24. The molecule has 9 nitrogen and oxygen atoms in total. The molecule has 9 rings (SSSR count). The van der Waals surface area contributed by atoms with Crippen LogP contribution in [0.15, 0.2) is 94.5 Å². The summed E-state index contributed by atoms with van der Waals surface area (Å²) in [7, 11) is 0. The number of fused-ring (bicyclic) bond motifs is 4. The first-order chi connectivity index (χ1) is 28.8. The van der Waals surface area contributed by atoms with Crippen LogP contribution in [0.5, 0.6) is 0 Å². The monoisotopic (exact) mass is 829 g/mol. The molecule has 305 valence electrons. The topological polar surface area (TPSA) is 116 Å². The molecular weight excluding hydrogens is 784 g/mol. The van der Waals surface area contributed by atoms with E-state index in [2.05, 4.69) is 33.6 Å². The van der Waals surface area contributed by atoms with Crippen molar-refractivity contribution >= 4 is 36.5 Å². The van der Waals surface area contributed by atoms with Gasteiger partial charge < -0.3 is 16.1 Å². The van der Waals surface area contributed by atoms with Gasteiger partial charge >= 0.3 is 29.6 Å². The number of ether oxygens (including phenoxy) is 1. The van der Waals surface area contributed by atoms with Crippen LogP contribution in [0.1, 0.15) is 73.9 Å². The Bertz CT molecular complexity index is 2750. The molecule has 2 atom stereocenters. The maximum atomic E-state index is 13.3. The molecule has 13 heteroatoms. The molecule has 61 heavy (non-hydrogen) atoms. The van der Waals surface area contributed by atoms with Crippen molar-refractivity contribution in [2.45, 2.75) is 64.5 Å². The second-order valence-corrected chi connectivity index (χ2v) is 14.9. The Labute approximate surface area is 378 Å². The molecule has 0 aliphatic carbocycles. The fourth-order valence-corrected chi connectivity index (χ4v) is 7.33. The quantitative estimate of drug-likeness (QED) is 0.162. The zero-order chi connectivity index (χ0) is 41.1. The smallest absolute Gasteiger partial charge is 1.00 e. The van der Waals surface area contributed by atoms with E-state index in [1.54, 1.807) is 69.8 Å². The Hall–Kier alpha value is -5.21. The third kappa shape index (κ3) is 12.2. The van der Waals surface area contributed by atoms with Gasteiger partial charge in [0.05, 0.1) is 21.8 Å². The fraction of sp³-hybridized carbons (Fsp3) is 0.312. The van der Waals surface area contributed by atoms with E-state index >= 15 is 0 Å². The minimum absolute atomic E-state index is 0. The number of aldehydes is 1. The van der Waals surface area contributed by atoms with Gasteiger partial charge in [-0.2, -0.15) is 0 Å². The van der Waals surface area contributed by atoms with Gasteiger partial charge in [0, 0.05) is 82.3 Å². The molecule has 1 N–H and O–H groups in total. The number of hydrogen-bond acceptors (Lipinski definition) is 7. The largest absolute Gasteiger partial charge is 1.00 e. The Balaban J connectivity index is 0.000000234.